The van der Waals surface area contributed by atoms with Crippen molar-refractivity contribution in [3.63, 3.8) is 0 Å². The Labute approximate surface area is 159 Å². The number of methoxy groups -OCH3 is 1. The van der Waals surface area contributed by atoms with Gasteiger partial charge in [-0.3, -0.25) is 0 Å². The van der Waals surface area contributed by atoms with Crippen molar-refractivity contribution in [3.05, 3.63) is 53.1 Å². The Bertz CT molecular complexity index is 1100. The first-order valence-corrected chi connectivity index (χ1v) is 8.41. The lowest BCUT2D eigenvalue weighted by atomic mass is 10.2. The first kappa shape index (κ1) is 17.0. The van der Waals surface area contributed by atoms with Gasteiger partial charge in [-0.05, 0) is 48.9 Å². The fourth-order valence-electron chi connectivity index (χ4n) is 2.62. The molecule has 0 bridgehead atoms. The van der Waals surface area contributed by atoms with Crippen molar-refractivity contribution in [2.75, 3.05) is 12.8 Å². The number of hydrogen-bond acceptors (Lipinski definition) is 7. The van der Waals surface area contributed by atoms with Gasteiger partial charge in [0.25, 0.3) is 5.89 Å². The summed E-state index contributed by atoms with van der Waals surface area (Å²) in [5, 5.41) is 12.8. The molecule has 2 aromatic carbocycles. The highest BCUT2D eigenvalue weighted by Crippen LogP contribution is 2.29. The predicted octanol–water partition coefficient (Wildman–Crippen LogP) is 3.54. The van der Waals surface area contributed by atoms with Crippen LogP contribution in [0.15, 0.2) is 47.0 Å². The standard InChI is InChI=1S/C18H15ClN6O2/c1-10-13(19)4-3-5-14(10)25-16(20)15(22-24-25)18-21-17(23-27-18)11-6-8-12(26-2)9-7-11/h3-9H,20H2,1-2H3. The van der Waals surface area contributed by atoms with E-state index < -0.39 is 0 Å². The van der Waals surface area contributed by atoms with E-state index in [1.807, 2.05) is 43.3 Å². The van der Waals surface area contributed by atoms with Crippen LogP contribution in [-0.2, 0) is 0 Å². The predicted molar refractivity (Wildman–Crippen MR) is 101 cm³/mol. The number of hydrogen-bond donors (Lipinski definition) is 1. The highest BCUT2D eigenvalue weighted by Gasteiger charge is 2.20. The topological polar surface area (TPSA) is 105 Å². The SMILES string of the molecule is COc1ccc(-c2noc(-c3nnn(-c4cccc(Cl)c4C)c3N)n2)cc1. The van der Waals surface area contributed by atoms with Crippen molar-refractivity contribution < 1.29 is 9.26 Å². The van der Waals surface area contributed by atoms with Gasteiger partial charge in [0.15, 0.2) is 11.5 Å². The van der Waals surface area contributed by atoms with Crippen LogP contribution in [0.4, 0.5) is 5.82 Å². The summed E-state index contributed by atoms with van der Waals surface area (Å²) in [6.45, 7) is 1.88. The molecule has 0 unspecified atom stereocenters. The number of anilines is 1. The van der Waals surface area contributed by atoms with E-state index in [1.165, 1.54) is 4.68 Å². The molecule has 4 rings (SSSR count). The summed E-state index contributed by atoms with van der Waals surface area (Å²) >= 11 is 6.18. The first-order chi connectivity index (χ1) is 13.1. The van der Waals surface area contributed by atoms with Gasteiger partial charge in [-0.1, -0.05) is 28.0 Å². The number of nitrogens with zero attached hydrogens (tertiary/aromatic N) is 5. The minimum atomic E-state index is 0.184. The Morgan fingerprint density at radius 3 is 2.67 bits per heavy atom. The molecule has 9 heteroatoms. The second kappa shape index (κ2) is 6.73. The third kappa shape index (κ3) is 3.00. The molecule has 0 spiro atoms. The monoisotopic (exact) mass is 382 g/mol. The van der Waals surface area contributed by atoms with Crippen molar-refractivity contribution in [2.45, 2.75) is 6.92 Å². The lowest BCUT2D eigenvalue weighted by Gasteiger charge is -2.07. The van der Waals surface area contributed by atoms with Gasteiger partial charge >= 0.3 is 0 Å². The smallest absolute Gasteiger partial charge is 0.282 e. The molecule has 0 atom stereocenters. The highest BCUT2D eigenvalue weighted by atomic mass is 35.5. The molecule has 0 fully saturated rings. The fraction of sp³-hybridized carbons (Fsp3) is 0.111. The van der Waals surface area contributed by atoms with E-state index in [1.54, 1.807) is 13.2 Å². The molecule has 0 saturated heterocycles. The number of halogens is 1. The second-order valence-electron chi connectivity index (χ2n) is 5.77. The van der Waals surface area contributed by atoms with Gasteiger partial charge in [-0.2, -0.15) is 9.67 Å². The summed E-state index contributed by atoms with van der Waals surface area (Å²) in [7, 11) is 1.61. The van der Waals surface area contributed by atoms with Gasteiger partial charge < -0.3 is 15.0 Å². The maximum atomic E-state index is 6.22. The zero-order chi connectivity index (χ0) is 19.0. The molecule has 0 aliphatic heterocycles. The third-order valence-electron chi connectivity index (χ3n) is 4.15. The molecule has 2 N–H and O–H groups in total. The Morgan fingerprint density at radius 2 is 1.93 bits per heavy atom. The molecule has 0 aliphatic rings. The highest BCUT2D eigenvalue weighted by molar-refractivity contribution is 6.31. The summed E-state index contributed by atoms with van der Waals surface area (Å²) in [6.07, 6.45) is 0. The molecule has 4 aromatic rings. The largest absolute Gasteiger partial charge is 0.497 e. The number of nitrogen functional groups attached to an aromatic ring is 1. The summed E-state index contributed by atoms with van der Waals surface area (Å²) in [6, 6.07) is 12.8. The average Bonchev–Trinajstić information content (AvgIpc) is 3.31. The Morgan fingerprint density at radius 1 is 1.15 bits per heavy atom. The Kier molecular flexibility index (Phi) is 4.25. The minimum absolute atomic E-state index is 0.184. The van der Waals surface area contributed by atoms with Crippen molar-refractivity contribution >= 4 is 17.4 Å². The van der Waals surface area contributed by atoms with E-state index in [4.69, 9.17) is 26.6 Å². The number of aromatic nitrogens is 5. The van der Waals surface area contributed by atoms with Crippen LogP contribution in [0, 0.1) is 6.92 Å². The average molecular weight is 383 g/mol. The van der Waals surface area contributed by atoms with Crippen LogP contribution in [0.25, 0.3) is 28.7 Å². The molecular formula is C18H15ClN6O2. The Balaban J connectivity index is 1.70. The lowest BCUT2D eigenvalue weighted by Crippen LogP contribution is -2.04. The molecular weight excluding hydrogens is 368 g/mol. The van der Waals surface area contributed by atoms with Crippen molar-refractivity contribution in [1.29, 1.82) is 0 Å². The number of benzene rings is 2. The number of rotatable bonds is 4. The van der Waals surface area contributed by atoms with Crippen LogP contribution >= 0.6 is 11.6 Å². The summed E-state index contributed by atoms with van der Waals surface area (Å²) < 4.78 is 12.0. The van der Waals surface area contributed by atoms with E-state index >= 15 is 0 Å². The number of nitrogens with two attached hydrogens (primary N) is 1. The van der Waals surface area contributed by atoms with E-state index in [2.05, 4.69) is 20.5 Å². The van der Waals surface area contributed by atoms with Crippen LogP contribution < -0.4 is 10.5 Å². The molecule has 2 heterocycles. The Hall–Kier alpha value is -3.39. The van der Waals surface area contributed by atoms with Crippen LogP contribution in [-0.4, -0.2) is 32.2 Å². The normalized spacial score (nSPS) is 10.9. The van der Waals surface area contributed by atoms with E-state index in [0.717, 1.165) is 22.6 Å². The van der Waals surface area contributed by atoms with Crippen LogP contribution in [0.3, 0.4) is 0 Å². The van der Waals surface area contributed by atoms with Crippen LogP contribution in [0.1, 0.15) is 5.56 Å². The van der Waals surface area contributed by atoms with Crippen LogP contribution in [0.5, 0.6) is 5.75 Å². The fourth-order valence-corrected chi connectivity index (χ4v) is 2.79. The molecule has 0 radical (unpaired) electrons. The summed E-state index contributed by atoms with van der Waals surface area (Å²) in [5.74, 6) is 1.63. The van der Waals surface area contributed by atoms with Gasteiger partial charge in [0.05, 0.1) is 12.8 Å². The zero-order valence-corrected chi connectivity index (χ0v) is 15.3. The van der Waals surface area contributed by atoms with Gasteiger partial charge in [-0.15, -0.1) is 5.10 Å². The maximum absolute atomic E-state index is 6.22. The molecule has 0 amide bonds. The quantitative estimate of drug-likeness (QED) is 0.575. The van der Waals surface area contributed by atoms with E-state index in [9.17, 15) is 0 Å². The van der Waals surface area contributed by atoms with Gasteiger partial charge in [0, 0.05) is 10.6 Å². The summed E-state index contributed by atoms with van der Waals surface area (Å²) in [5.41, 5.74) is 8.88. The van der Waals surface area contributed by atoms with Gasteiger partial charge in [-0.25, -0.2) is 0 Å². The van der Waals surface area contributed by atoms with E-state index in [0.29, 0.717) is 16.5 Å². The second-order valence-corrected chi connectivity index (χ2v) is 6.18. The molecule has 8 nitrogen and oxygen atoms in total. The zero-order valence-electron chi connectivity index (χ0n) is 14.5. The first-order valence-electron chi connectivity index (χ1n) is 8.03. The molecule has 27 heavy (non-hydrogen) atoms. The van der Waals surface area contributed by atoms with Crippen molar-refractivity contribution in [1.82, 2.24) is 25.1 Å². The molecule has 0 saturated carbocycles. The molecule has 2 aromatic heterocycles. The maximum Gasteiger partial charge on any atom is 0.282 e. The van der Waals surface area contributed by atoms with Crippen molar-refractivity contribution in [2.24, 2.45) is 0 Å². The van der Waals surface area contributed by atoms with Gasteiger partial charge in [0.2, 0.25) is 5.82 Å². The van der Waals surface area contributed by atoms with Gasteiger partial charge in [0.1, 0.15) is 5.75 Å². The number of ether oxygens (including phenoxy) is 1. The lowest BCUT2D eigenvalue weighted by molar-refractivity contribution is 0.414. The summed E-state index contributed by atoms with van der Waals surface area (Å²) in [4.78, 5) is 4.37. The van der Waals surface area contributed by atoms with Crippen molar-refractivity contribution in [3.8, 4) is 34.4 Å². The molecule has 0 aliphatic carbocycles. The third-order valence-corrected chi connectivity index (χ3v) is 4.56. The van der Waals surface area contributed by atoms with Crippen LogP contribution in [0.2, 0.25) is 5.02 Å². The molecule has 136 valence electrons. The minimum Gasteiger partial charge on any atom is -0.497 e. The van der Waals surface area contributed by atoms with E-state index in [-0.39, 0.29) is 11.7 Å².